The number of nitrogens with one attached hydrogen (secondary N) is 2. The van der Waals surface area contributed by atoms with Crippen LogP contribution in [-0.4, -0.2) is 98.7 Å². The van der Waals surface area contributed by atoms with Crippen molar-refractivity contribution in [1.29, 1.82) is 0 Å². The van der Waals surface area contributed by atoms with Gasteiger partial charge in [-0.3, -0.25) is 23.7 Å². The summed E-state index contributed by atoms with van der Waals surface area (Å²) in [5, 5.41) is 4.57. The minimum Gasteiger partial charge on any atom is -0.756 e. The molecule has 0 aromatic heterocycles. The quantitative estimate of drug-likeness (QED) is 0.0136. The normalized spacial score (nSPS) is 12.8. The molecule has 96 heavy (non-hydrogen) atoms. The summed E-state index contributed by atoms with van der Waals surface area (Å²) in [7, 11) is -5.55. The number of carbonyl (C=O) groups excluding carboxylic acids is 8. The average molecular weight is 1370 g/mol. The first-order valence-electron chi connectivity index (χ1n) is 33.8. The van der Waals surface area contributed by atoms with Crippen LogP contribution in [0.15, 0.2) is 121 Å². The van der Waals surface area contributed by atoms with Crippen molar-refractivity contribution in [2.45, 2.75) is 232 Å². The van der Waals surface area contributed by atoms with Crippen LogP contribution in [0, 0.1) is 0 Å². The Morgan fingerprint density at radius 2 is 0.677 bits per heavy atom. The van der Waals surface area contributed by atoms with Crippen LogP contribution in [-0.2, 0) is 107 Å². The van der Waals surface area contributed by atoms with Crippen molar-refractivity contribution >= 4 is 55.8 Å². The average Bonchev–Trinajstić information content (AvgIpc) is 1.40. The molecule has 4 aromatic rings. The van der Waals surface area contributed by atoms with E-state index in [1.807, 2.05) is 0 Å². The number of hydrogen-bond acceptors (Lipinski definition) is 20. The summed E-state index contributed by atoms with van der Waals surface area (Å²) in [6, 6.07) is 30.5. The van der Waals surface area contributed by atoms with Gasteiger partial charge >= 0.3 is 77.6 Å². The van der Waals surface area contributed by atoms with Crippen LogP contribution in [0.1, 0.15) is 203 Å². The molecule has 24 heteroatoms. The third-order valence-electron chi connectivity index (χ3n) is 15.0. The van der Waals surface area contributed by atoms with Crippen LogP contribution < -0.4 is 45.1 Å². The molecule has 2 unspecified atom stereocenters. The molecule has 4 aromatic carbocycles. The van der Waals surface area contributed by atoms with E-state index in [-0.39, 0.29) is 68.8 Å². The molecule has 22 nitrogen and oxygen atoms in total. The number of alkyl carbamates (subject to hydrolysis) is 2. The predicted molar refractivity (Wildman–Crippen MR) is 352 cm³/mol. The third kappa shape index (κ3) is 41.5. The molecule has 5 atom stereocenters. The zero-order valence-corrected chi connectivity index (χ0v) is 59.4. The number of phosphoric acid groups is 1. The smallest absolute Gasteiger partial charge is 0.756 e. The number of unbranched alkanes of at least 4 members (excludes halogenated alkanes) is 20. The summed E-state index contributed by atoms with van der Waals surface area (Å²) in [6.45, 7) is -0.194. The first kappa shape index (κ1) is 83.6. The SMILES string of the molecule is CCCCCCCCCCCCCC(=O)OC[C@H](COP(=O)([O-])OCC(COC(=O)[C@H](CC(=O)OCc1ccccc1)NC(=O)OCc1ccccc1)OC(=O)[C@H](CC(=O)OCc1ccccc1)NC(=O)OCc1ccccc1)OC(=O)CCCCCCCCCCCCC.[Na+]. The van der Waals surface area contributed by atoms with Gasteiger partial charge in [-0.15, -0.1) is 0 Å². The first-order chi connectivity index (χ1) is 46.1. The van der Waals surface area contributed by atoms with Crippen molar-refractivity contribution < 1.29 is 124 Å². The number of carbonyl (C=O) groups is 8. The van der Waals surface area contributed by atoms with Crippen LogP contribution in [0.4, 0.5) is 9.59 Å². The van der Waals surface area contributed by atoms with E-state index >= 15 is 0 Å². The third-order valence-corrected chi connectivity index (χ3v) is 16.0. The van der Waals surface area contributed by atoms with Crippen LogP contribution in [0.5, 0.6) is 0 Å². The maximum Gasteiger partial charge on any atom is 1.00 e. The van der Waals surface area contributed by atoms with Crippen molar-refractivity contribution in [1.82, 2.24) is 10.6 Å². The number of esters is 6. The van der Waals surface area contributed by atoms with Crippen LogP contribution in [0.2, 0.25) is 0 Å². The Kier molecular flexibility index (Phi) is 45.7. The fraction of sp³-hybridized carbons (Fsp3) is 0.556. The van der Waals surface area contributed by atoms with Crippen LogP contribution in [0.25, 0.3) is 0 Å². The van der Waals surface area contributed by atoms with Crippen molar-refractivity contribution in [3.05, 3.63) is 144 Å². The second-order valence-corrected chi connectivity index (χ2v) is 24.7. The molecule has 0 aliphatic rings. The molecule has 0 fully saturated rings. The van der Waals surface area contributed by atoms with Crippen molar-refractivity contribution in [2.24, 2.45) is 0 Å². The number of rotatable bonds is 52. The van der Waals surface area contributed by atoms with Gasteiger partial charge < -0.3 is 62.5 Å². The number of benzene rings is 4. The summed E-state index contributed by atoms with van der Waals surface area (Å²) in [5.74, 6) is -5.92. The molecule has 0 bridgehead atoms. The van der Waals surface area contributed by atoms with Gasteiger partial charge in [0.25, 0.3) is 7.82 Å². The fourth-order valence-electron chi connectivity index (χ4n) is 9.64. The van der Waals surface area contributed by atoms with E-state index in [2.05, 4.69) is 24.5 Å². The molecule has 0 aliphatic heterocycles. The maximum absolute atomic E-state index is 14.3. The number of ether oxygens (including phenoxy) is 8. The first-order valence-corrected chi connectivity index (χ1v) is 35.2. The Bertz CT molecular complexity index is 2730. The Labute approximate surface area is 588 Å². The van der Waals surface area contributed by atoms with Gasteiger partial charge in [0.15, 0.2) is 12.2 Å². The Balaban J connectivity index is 0.0000240. The topological polar surface area (TPSA) is 293 Å². The predicted octanol–water partition coefficient (Wildman–Crippen LogP) is 10.7. The molecule has 0 saturated heterocycles. The van der Waals surface area contributed by atoms with E-state index in [0.717, 1.165) is 57.8 Å². The summed E-state index contributed by atoms with van der Waals surface area (Å²) in [5.41, 5.74) is 2.38. The van der Waals surface area contributed by atoms with E-state index < -0.39 is 119 Å². The second kappa shape index (κ2) is 52.5. The Morgan fingerprint density at radius 3 is 1.05 bits per heavy atom. The summed E-state index contributed by atoms with van der Waals surface area (Å²) in [4.78, 5) is 121. The van der Waals surface area contributed by atoms with Crippen molar-refractivity contribution in [2.75, 3.05) is 26.4 Å². The van der Waals surface area contributed by atoms with E-state index in [9.17, 15) is 47.8 Å². The maximum atomic E-state index is 14.3. The van der Waals surface area contributed by atoms with E-state index in [1.165, 1.54) is 70.6 Å². The summed E-state index contributed by atoms with van der Waals surface area (Å²) < 4.78 is 67.9. The van der Waals surface area contributed by atoms with Gasteiger partial charge in [-0.2, -0.15) is 0 Å². The van der Waals surface area contributed by atoms with E-state index in [1.54, 1.807) is 121 Å². The van der Waals surface area contributed by atoms with Gasteiger partial charge in [0.05, 0.1) is 26.1 Å². The van der Waals surface area contributed by atoms with Gasteiger partial charge in [-0.05, 0) is 35.1 Å². The van der Waals surface area contributed by atoms with Crippen molar-refractivity contribution in [3.63, 3.8) is 0 Å². The largest absolute Gasteiger partial charge is 1.00 e. The molecule has 2 amide bonds. The molecule has 524 valence electrons. The van der Waals surface area contributed by atoms with Gasteiger partial charge in [0.2, 0.25) is 0 Å². The molecular formula is C72H100N2NaO20P. The molecule has 2 N–H and O–H groups in total. The van der Waals surface area contributed by atoms with Crippen LogP contribution >= 0.6 is 7.82 Å². The van der Waals surface area contributed by atoms with Crippen molar-refractivity contribution in [3.8, 4) is 0 Å². The van der Waals surface area contributed by atoms with E-state index in [0.29, 0.717) is 35.1 Å². The molecular weight excluding hydrogens is 1270 g/mol. The van der Waals surface area contributed by atoms with Gasteiger partial charge in [0, 0.05) is 12.8 Å². The minimum atomic E-state index is -5.55. The number of phosphoric ester groups is 1. The number of hydrogen-bond donors (Lipinski definition) is 2. The van der Waals surface area contributed by atoms with Gasteiger partial charge in [0.1, 0.15) is 51.7 Å². The Hall–Kier alpha value is -6.65. The summed E-state index contributed by atoms with van der Waals surface area (Å²) >= 11 is 0. The molecule has 4 rings (SSSR count). The molecule has 0 saturated carbocycles. The molecule has 0 radical (unpaired) electrons. The molecule has 0 aliphatic carbocycles. The fourth-order valence-corrected chi connectivity index (χ4v) is 10.4. The minimum absolute atomic E-state index is 0. The zero-order chi connectivity index (χ0) is 68.4. The Morgan fingerprint density at radius 1 is 0.365 bits per heavy atom. The molecule has 0 spiro atoms. The van der Waals surface area contributed by atoms with E-state index in [4.69, 9.17) is 46.9 Å². The monoisotopic (exact) mass is 1370 g/mol. The van der Waals surface area contributed by atoms with Crippen LogP contribution in [0.3, 0.4) is 0 Å². The summed E-state index contributed by atoms with van der Waals surface area (Å²) in [6.07, 6.45) is 16.1. The zero-order valence-electron chi connectivity index (χ0n) is 56.5. The van der Waals surface area contributed by atoms with Gasteiger partial charge in [-0.1, -0.05) is 264 Å². The standard InChI is InChI=1S/C72H101N2O20P.Na/c1-3-5-7-9-11-13-15-17-19-21-35-45-65(75)87-53-61(93-66(76)46-36-22-20-18-16-14-12-10-8-6-4-2)55-91-95(83,84)92-56-62(94-70(80)64(48-68(78)86-50-58-39-29-24-30-40-58)74-72(82)90-52-60-43-33-26-34-44-60)54-88-69(79)63(47-67(77)85-49-57-37-27-23-28-38-57)73-71(81)89-51-59-41-31-25-32-42-59;/h23-34,37-44,61-64H,3-22,35-36,45-56H2,1-2H3,(H,73,81)(H,74,82)(H,83,84);/q;+1/p-1/t61-,62?,63+,64+;/m1./s1. The second-order valence-electron chi connectivity index (χ2n) is 23.3. The number of amides is 2. The van der Waals surface area contributed by atoms with Gasteiger partial charge in [-0.25, -0.2) is 19.2 Å². The molecule has 0 heterocycles.